The number of rotatable bonds is 6. The van der Waals surface area contributed by atoms with E-state index in [2.05, 4.69) is 25.8 Å². The van der Waals surface area contributed by atoms with Gasteiger partial charge in [-0.05, 0) is 49.2 Å². The summed E-state index contributed by atoms with van der Waals surface area (Å²) in [7, 11) is 0. The summed E-state index contributed by atoms with van der Waals surface area (Å²) in [6, 6.07) is 17.9. The van der Waals surface area contributed by atoms with Gasteiger partial charge in [0.2, 0.25) is 5.95 Å². The van der Waals surface area contributed by atoms with E-state index in [0.717, 1.165) is 23.0 Å². The van der Waals surface area contributed by atoms with Crippen molar-refractivity contribution in [1.29, 1.82) is 0 Å². The van der Waals surface area contributed by atoms with Crippen LogP contribution in [0.1, 0.15) is 25.7 Å². The molecule has 6 nitrogen and oxygen atoms in total. The third-order valence-electron chi connectivity index (χ3n) is 4.36. The number of ether oxygens (including phenoxy) is 1. The second kappa shape index (κ2) is 7.82. The Morgan fingerprint density at radius 2 is 1.62 bits per heavy atom. The molecule has 0 unspecified atom stereocenters. The molecule has 1 aliphatic rings. The molecule has 3 aromatic rings. The van der Waals surface area contributed by atoms with Crippen molar-refractivity contribution in [2.24, 2.45) is 0 Å². The molecule has 132 valence electrons. The Hall–Kier alpha value is -3.15. The van der Waals surface area contributed by atoms with E-state index in [0.29, 0.717) is 12.0 Å². The Kier molecular flexibility index (Phi) is 4.91. The average Bonchev–Trinajstić information content (AvgIpc) is 3.18. The molecule has 0 bridgehead atoms. The van der Waals surface area contributed by atoms with Gasteiger partial charge in [0.1, 0.15) is 11.5 Å². The van der Waals surface area contributed by atoms with Crippen LogP contribution < -0.4 is 15.4 Å². The fourth-order valence-electron chi connectivity index (χ4n) is 3.07. The Balaban J connectivity index is 1.39. The summed E-state index contributed by atoms with van der Waals surface area (Å²) in [6.45, 7) is 0. The molecule has 2 N–H and O–H groups in total. The summed E-state index contributed by atoms with van der Waals surface area (Å²) >= 11 is 0. The molecular weight excluding hydrogens is 326 g/mol. The summed E-state index contributed by atoms with van der Waals surface area (Å²) in [5, 5.41) is 14.7. The second-order valence-electron chi connectivity index (χ2n) is 6.36. The Bertz CT molecular complexity index is 832. The predicted molar refractivity (Wildman–Crippen MR) is 102 cm³/mol. The number of benzene rings is 2. The third kappa shape index (κ3) is 4.27. The van der Waals surface area contributed by atoms with E-state index < -0.39 is 0 Å². The summed E-state index contributed by atoms with van der Waals surface area (Å²) in [5.41, 5.74) is 0.880. The number of nitrogens with one attached hydrogen (secondary N) is 2. The Morgan fingerprint density at radius 1 is 0.885 bits per heavy atom. The molecule has 2 aromatic carbocycles. The zero-order valence-corrected chi connectivity index (χ0v) is 14.4. The first-order valence-corrected chi connectivity index (χ1v) is 8.91. The van der Waals surface area contributed by atoms with Crippen LogP contribution in [0.3, 0.4) is 0 Å². The maximum atomic E-state index is 5.80. The number of anilines is 3. The molecule has 0 radical (unpaired) electrons. The van der Waals surface area contributed by atoms with Gasteiger partial charge in [0.05, 0.1) is 6.20 Å². The van der Waals surface area contributed by atoms with Crippen molar-refractivity contribution >= 4 is 17.5 Å². The van der Waals surface area contributed by atoms with Gasteiger partial charge in [-0.1, -0.05) is 31.0 Å². The van der Waals surface area contributed by atoms with E-state index in [1.54, 1.807) is 6.20 Å². The van der Waals surface area contributed by atoms with E-state index in [9.17, 15) is 0 Å². The molecular formula is C20H21N5O. The average molecular weight is 347 g/mol. The first kappa shape index (κ1) is 16.3. The van der Waals surface area contributed by atoms with E-state index in [1.807, 2.05) is 54.6 Å². The molecule has 1 saturated carbocycles. The van der Waals surface area contributed by atoms with Crippen molar-refractivity contribution in [3.8, 4) is 11.5 Å². The van der Waals surface area contributed by atoms with Gasteiger partial charge < -0.3 is 15.4 Å². The van der Waals surface area contributed by atoms with Gasteiger partial charge in [-0.2, -0.15) is 10.1 Å². The lowest BCUT2D eigenvalue weighted by molar-refractivity contribution is 0.483. The van der Waals surface area contributed by atoms with Crippen LogP contribution >= 0.6 is 0 Å². The lowest BCUT2D eigenvalue weighted by Crippen LogP contribution is -2.16. The molecule has 1 heterocycles. The van der Waals surface area contributed by atoms with Gasteiger partial charge in [0.25, 0.3) is 0 Å². The number of hydrogen-bond donors (Lipinski definition) is 2. The van der Waals surface area contributed by atoms with Gasteiger partial charge in [-0.25, -0.2) is 0 Å². The zero-order valence-electron chi connectivity index (χ0n) is 14.4. The highest BCUT2D eigenvalue weighted by molar-refractivity contribution is 5.55. The van der Waals surface area contributed by atoms with Crippen LogP contribution in [-0.4, -0.2) is 21.2 Å². The van der Waals surface area contributed by atoms with Crippen molar-refractivity contribution in [2.45, 2.75) is 31.7 Å². The van der Waals surface area contributed by atoms with Crippen LogP contribution in [0, 0.1) is 0 Å². The van der Waals surface area contributed by atoms with Crippen LogP contribution in [0.15, 0.2) is 60.8 Å². The first-order valence-electron chi connectivity index (χ1n) is 8.91. The minimum atomic E-state index is 0.477. The van der Waals surface area contributed by atoms with Gasteiger partial charge in [0.15, 0.2) is 5.82 Å². The van der Waals surface area contributed by atoms with Crippen LogP contribution in [0.25, 0.3) is 0 Å². The van der Waals surface area contributed by atoms with Gasteiger partial charge in [-0.15, -0.1) is 5.10 Å². The molecule has 0 aliphatic heterocycles. The highest BCUT2D eigenvalue weighted by atomic mass is 16.5. The molecule has 4 rings (SSSR count). The number of aromatic nitrogens is 3. The first-order chi connectivity index (χ1) is 12.8. The normalized spacial score (nSPS) is 14.2. The molecule has 1 aliphatic carbocycles. The van der Waals surface area contributed by atoms with E-state index in [1.165, 1.54) is 25.7 Å². The predicted octanol–water partition coefficient (Wildman–Crippen LogP) is 4.76. The number of para-hydroxylation sites is 1. The molecule has 26 heavy (non-hydrogen) atoms. The summed E-state index contributed by atoms with van der Waals surface area (Å²) < 4.78 is 5.80. The summed E-state index contributed by atoms with van der Waals surface area (Å²) in [6.07, 6.45) is 6.60. The maximum Gasteiger partial charge on any atom is 0.249 e. The Labute approximate surface area is 152 Å². The van der Waals surface area contributed by atoms with Crippen molar-refractivity contribution in [1.82, 2.24) is 15.2 Å². The number of nitrogens with zero attached hydrogens (tertiary/aromatic N) is 3. The highest BCUT2D eigenvalue weighted by Gasteiger charge is 2.15. The fourth-order valence-corrected chi connectivity index (χ4v) is 3.07. The van der Waals surface area contributed by atoms with Crippen LogP contribution in [0.4, 0.5) is 17.5 Å². The lowest BCUT2D eigenvalue weighted by atomic mass is 10.2. The topological polar surface area (TPSA) is 72.0 Å². The van der Waals surface area contributed by atoms with Gasteiger partial charge in [0, 0.05) is 11.7 Å². The molecule has 6 heteroatoms. The SMILES string of the molecule is c1ccc(Oc2ccc(Nc3nncc(NC4CCCC4)n3)cc2)cc1. The lowest BCUT2D eigenvalue weighted by Gasteiger charge is -2.12. The van der Waals surface area contributed by atoms with Crippen molar-refractivity contribution < 1.29 is 4.74 Å². The fraction of sp³-hybridized carbons (Fsp3) is 0.250. The summed E-state index contributed by atoms with van der Waals surface area (Å²) in [5.74, 6) is 2.83. The summed E-state index contributed by atoms with van der Waals surface area (Å²) in [4.78, 5) is 4.49. The second-order valence-corrected chi connectivity index (χ2v) is 6.36. The molecule has 1 aromatic heterocycles. The molecule has 0 saturated heterocycles. The minimum Gasteiger partial charge on any atom is -0.457 e. The zero-order chi connectivity index (χ0) is 17.6. The number of hydrogen-bond acceptors (Lipinski definition) is 6. The van der Waals surface area contributed by atoms with Crippen molar-refractivity contribution in [3.63, 3.8) is 0 Å². The molecule has 0 spiro atoms. The standard InChI is InChI=1S/C20H21N5O/c1-2-8-17(9-3-1)26-18-12-10-16(11-13-18)23-20-24-19(14-21-25-20)22-15-6-4-5-7-15/h1-3,8-15H,4-7H2,(H2,22,23,24,25). The quantitative estimate of drug-likeness (QED) is 0.670. The van der Waals surface area contributed by atoms with E-state index >= 15 is 0 Å². The third-order valence-corrected chi connectivity index (χ3v) is 4.36. The molecule has 1 fully saturated rings. The smallest absolute Gasteiger partial charge is 0.249 e. The molecule has 0 atom stereocenters. The van der Waals surface area contributed by atoms with Gasteiger partial charge in [-0.3, -0.25) is 0 Å². The molecule has 0 amide bonds. The van der Waals surface area contributed by atoms with Crippen LogP contribution in [0.2, 0.25) is 0 Å². The van der Waals surface area contributed by atoms with E-state index in [4.69, 9.17) is 4.74 Å². The monoisotopic (exact) mass is 347 g/mol. The van der Waals surface area contributed by atoms with Crippen molar-refractivity contribution in [3.05, 3.63) is 60.8 Å². The van der Waals surface area contributed by atoms with Crippen LogP contribution in [-0.2, 0) is 0 Å². The highest BCUT2D eigenvalue weighted by Crippen LogP contribution is 2.24. The maximum absolute atomic E-state index is 5.80. The van der Waals surface area contributed by atoms with Gasteiger partial charge >= 0.3 is 0 Å². The van der Waals surface area contributed by atoms with Crippen molar-refractivity contribution in [2.75, 3.05) is 10.6 Å². The Morgan fingerprint density at radius 3 is 2.38 bits per heavy atom. The largest absolute Gasteiger partial charge is 0.457 e. The van der Waals surface area contributed by atoms with E-state index in [-0.39, 0.29) is 0 Å². The minimum absolute atomic E-state index is 0.477. The van der Waals surface area contributed by atoms with Crippen LogP contribution in [0.5, 0.6) is 11.5 Å².